The van der Waals surface area contributed by atoms with Crippen LogP contribution >= 0.6 is 11.6 Å². The maximum Gasteiger partial charge on any atom is 0.242 e. The van der Waals surface area contributed by atoms with Gasteiger partial charge in [-0.2, -0.15) is 0 Å². The highest BCUT2D eigenvalue weighted by Crippen LogP contribution is 2.31. The Morgan fingerprint density at radius 3 is 2.45 bits per heavy atom. The number of nitrogens with zero attached hydrogens (tertiary/aromatic N) is 1. The zero-order chi connectivity index (χ0) is 15.4. The summed E-state index contributed by atoms with van der Waals surface area (Å²) in [5.41, 5.74) is 0.826. The fraction of sp³-hybridized carbons (Fsp3) is 0.588. The molecule has 1 aliphatic heterocycles. The Morgan fingerprint density at radius 2 is 1.82 bits per heavy atom. The number of hydrogen-bond acceptors (Lipinski definition) is 3. The van der Waals surface area contributed by atoms with Crippen LogP contribution in [0.5, 0.6) is 0 Å². The molecule has 22 heavy (non-hydrogen) atoms. The van der Waals surface area contributed by atoms with Gasteiger partial charge < -0.3 is 10.6 Å². The third-order valence-corrected chi connectivity index (χ3v) is 5.02. The Labute approximate surface area is 137 Å². The van der Waals surface area contributed by atoms with Gasteiger partial charge >= 0.3 is 0 Å². The third-order valence-electron chi connectivity index (χ3n) is 4.77. The first-order chi connectivity index (χ1) is 10.7. The number of rotatable bonds is 4. The first kappa shape index (κ1) is 15.8. The third kappa shape index (κ3) is 3.80. The zero-order valence-electron chi connectivity index (χ0n) is 12.9. The molecule has 1 aliphatic carbocycles. The standard InChI is InChI=1S/C17H24ClN3O/c18-14-5-7-15(8-6-14)20-17(22)16(13-3-1-2-4-13)21-11-9-19-10-12-21/h5-8,13,16,19H,1-4,9-12H2,(H,20,22). The van der Waals surface area contributed by atoms with E-state index in [0.717, 1.165) is 31.9 Å². The highest BCUT2D eigenvalue weighted by molar-refractivity contribution is 6.30. The van der Waals surface area contributed by atoms with E-state index >= 15 is 0 Å². The van der Waals surface area contributed by atoms with Crippen LogP contribution in [-0.2, 0) is 4.79 Å². The minimum atomic E-state index is 0.000257. The number of anilines is 1. The second kappa shape index (κ2) is 7.44. The second-order valence-electron chi connectivity index (χ2n) is 6.27. The molecule has 1 atom stereocenters. The lowest BCUT2D eigenvalue weighted by molar-refractivity contribution is -0.123. The number of carbonyl (C=O) groups excluding carboxylic acids is 1. The van der Waals surface area contributed by atoms with Gasteiger partial charge in [-0.3, -0.25) is 9.69 Å². The fourth-order valence-corrected chi connectivity index (χ4v) is 3.79. The molecule has 1 saturated carbocycles. The van der Waals surface area contributed by atoms with Crippen LogP contribution < -0.4 is 10.6 Å². The summed E-state index contributed by atoms with van der Waals surface area (Å²) in [6.07, 6.45) is 4.84. The number of benzene rings is 1. The van der Waals surface area contributed by atoms with E-state index in [2.05, 4.69) is 15.5 Å². The molecule has 1 aromatic rings. The van der Waals surface area contributed by atoms with E-state index < -0.39 is 0 Å². The topological polar surface area (TPSA) is 44.4 Å². The van der Waals surface area contributed by atoms with Crippen LogP contribution in [0.2, 0.25) is 5.02 Å². The molecular weight excluding hydrogens is 298 g/mol. The van der Waals surface area contributed by atoms with Crippen LogP contribution in [0.1, 0.15) is 25.7 Å². The van der Waals surface area contributed by atoms with E-state index in [1.165, 1.54) is 25.7 Å². The fourth-order valence-electron chi connectivity index (χ4n) is 3.66. The summed E-state index contributed by atoms with van der Waals surface area (Å²) in [5, 5.41) is 7.14. The Bertz CT molecular complexity index is 493. The largest absolute Gasteiger partial charge is 0.325 e. The Hall–Kier alpha value is -1.10. The van der Waals surface area contributed by atoms with Crippen molar-refractivity contribution in [1.29, 1.82) is 0 Å². The van der Waals surface area contributed by atoms with Gasteiger partial charge in [-0.25, -0.2) is 0 Å². The lowest BCUT2D eigenvalue weighted by Crippen LogP contribution is -2.55. The van der Waals surface area contributed by atoms with Gasteiger partial charge in [-0.15, -0.1) is 0 Å². The molecule has 0 spiro atoms. The molecule has 0 bridgehead atoms. The minimum Gasteiger partial charge on any atom is -0.325 e. The molecule has 0 radical (unpaired) electrons. The molecule has 5 heteroatoms. The molecule has 1 amide bonds. The van der Waals surface area contributed by atoms with E-state index in [-0.39, 0.29) is 11.9 Å². The van der Waals surface area contributed by atoms with Crippen molar-refractivity contribution in [3.63, 3.8) is 0 Å². The highest BCUT2D eigenvalue weighted by Gasteiger charge is 2.35. The average molecular weight is 322 g/mol. The summed E-state index contributed by atoms with van der Waals surface area (Å²) >= 11 is 5.91. The lowest BCUT2D eigenvalue weighted by Gasteiger charge is -2.37. The predicted octanol–water partition coefficient (Wildman–Crippen LogP) is 2.74. The van der Waals surface area contributed by atoms with E-state index in [0.29, 0.717) is 10.9 Å². The normalized spacial score (nSPS) is 21.7. The highest BCUT2D eigenvalue weighted by atomic mass is 35.5. The van der Waals surface area contributed by atoms with Crippen LogP contribution in [0.25, 0.3) is 0 Å². The van der Waals surface area contributed by atoms with Gasteiger partial charge in [-0.1, -0.05) is 24.4 Å². The van der Waals surface area contributed by atoms with E-state index in [1.54, 1.807) is 0 Å². The van der Waals surface area contributed by atoms with Crippen LogP contribution in [0.15, 0.2) is 24.3 Å². The maximum atomic E-state index is 12.9. The Kier molecular flexibility index (Phi) is 5.34. The first-order valence-corrected chi connectivity index (χ1v) is 8.63. The summed E-state index contributed by atoms with van der Waals surface area (Å²) in [6, 6.07) is 7.35. The van der Waals surface area contributed by atoms with Crippen molar-refractivity contribution in [1.82, 2.24) is 10.2 Å². The van der Waals surface area contributed by atoms with E-state index in [1.807, 2.05) is 24.3 Å². The van der Waals surface area contributed by atoms with Crippen LogP contribution in [0.4, 0.5) is 5.69 Å². The van der Waals surface area contributed by atoms with Gasteiger partial charge in [0.25, 0.3) is 0 Å². The number of nitrogens with one attached hydrogen (secondary N) is 2. The molecule has 1 heterocycles. The summed E-state index contributed by atoms with van der Waals surface area (Å²) in [5.74, 6) is 0.626. The van der Waals surface area contributed by atoms with Crippen molar-refractivity contribution < 1.29 is 4.79 Å². The number of halogens is 1. The van der Waals surface area contributed by atoms with Crippen LogP contribution in [-0.4, -0.2) is 43.0 Å². The van der Waals surface area contributed by atoms with Crippen LogP contribution in [0.3, 0.4) is 0 Å². The number of hydrogen-bond donors (Lipinski definition) is 2. The van der Waals surface area contributed by atoms with Gasteiger partial charge in [0.05, 0.1) is 6.04 Å². The van der Waals surface area contributed by atoms with E-state index in [4.69, 9.17) is 11.6 Å². The molecule has 3 rings (SSSR count). The smallest absolute Gasteiger partial charge is 0.242 e. The first-order valence-electron chi connectivity index (χ1n) is 8.25. The Morgan fingerprint density at radius 1 is 1.18 bits per heavy atom. The maximum absolute atomic E-state index is 12.9. The van der Waals surface area contributed by atoms with Crippen molar-refractivity contribution >= 4 is 23.2 Å². The summed E-state index contributed by atoms with van der Waals surface area (Å²) < 4.78 is 0. The number of carbonyl (C=O) groups is 1. The summed E-state index contributed by atoms with van der Waals surface area (Å²) in [4.78, 5) is 15.2. The average Bonchev–Trinajstić information content (AvgIpc) is 3.05. The second-order valence-corrected chi connectivity index (χ2v) is 6.71. The molecular formula is C17H24ClN3O. The monoisotopic (exact) mass is 321 g/mol. The molecule has 0 aromatic heterocycles. The molecule has 1 saturated heterocycles. The van der Waals surface area contributed by atoms with Gasteiger partial charge in [0.1, 0.15) is 0 Å². The van der Waals surface area contributed by atoms with Gasteiger partial charge in [0, 0.05) is 36.9 Å². The molecule has 1 unspecified atom stereocenters. The SMILES string of the molecule is O=C(Nc1ccc(Cl)cc1)C(C1CCCC1)N1CCNCC1. The van der Waals surface area contributed by atoms with Crippen molar-refractivity contribution in [2.45, 2.75) is 31.7 Å². The molecule has 2 fully saturated rings. The molecule has 2 aliphatic rings. The van der Waals surface area contributed by atoms with Crippen molar-refractivity contribution in [3.05, 3.63) is 29.3 Å². The van der Waals surface area contributed by atoms with Crippen molar-refractivity contribution in [2.75, 3.05) is 31.5 Å². The Balaban J connectivity index is 1.72. The molecule has 4 nitrogen and oxygen atoms in total. The van der Waals surface area contributed by atoms with Crippen molar-refractivity contribution in [2.24, 2.45) is 5.92 Å². The number of amides is 1. The zero-order valence-corrected chi connectivity index (χ0v) is 13.6. The van der Waals surface area contributed by atoms with Crippen LogP contribution in [0, 0.1) is 5.92 Å². The number of piperazine rings is 1. The van der Waals surface area contributed by atoms with E-state index in [9.17, 15) is 4.79 Å². The molecule has 1 aromatic carbocycles. The lowest BCUT2D eigenvalue weighted by atomic mass is 9.95. The summed E-state index contributed by atoms with van der Waals surface area (Å²) in [7, 11) is 0. The van der Waals surface area contributed by atoms with Gasteiger partial charge in [-0.05, 0) is 43.0 Å². The predicted molar refractivity (Wildman–Crippen MR) is 90.3 cm³/mol. The minimum absolute atomic E-state index is 0.000257. The van der Waals surface area contributed by atoms with Gasteiger partial charge in [0.15, 0.2) is 0 Å². The molecule has 120 valence electrons. The quantitative estimate of drug-likeness (QED) is 0.896. The summed E-state index contributed by atoms with van der Waals surface area (Å²) in [6.45, 7) is 3.85. The molecule has 2 N–H and O–H groups in total. The van der Waals surface area contributed by atoms with Gasteiger partial charge in [0.2, 0.25) is 5.91 Å². The van der Waals surface area contributed by atoms with Crippen molar-refractivity contribution in [3.8, 4) is 0 Å².